The number of nitrogens with two attached hydrogens (primary N) is 1. The normalized spacial score (nSPS) is 18.1. The molecule has 2 amide bonds. The second-order valence-corrected chi connectivity index (χ2v) is 6.40. The first kappa shape index (κ1) is 21.5. The number of hydrogen-bond acceptors (Lipinski definition) is 9. The lowest BCUT2D eigenvalue weighted by Gasteiger charge is -2.29. The predicted octanol–water partition coefficient (Wildman–Crippen LogP) is -1.32. The fraction of sp³-hybridized carbons (Fsp3) is 0.667. The molecule has 2 rings (SSSR count). The van der Waals surface area contributed by atoms with Gasteiger partial charge in [0.15, 0.2) is 11.9 Å². The summed E-state index contributed by atoms with van der Waals surface area (Å²) in [4.78, 5) is 38.1. The number of nitrogens with zero attached hydrogens (tertiary/aromatic N) is 2. The molecule has 13 heteroatoms. The van der Waals surface area contributed by atoms with E-state index in [1.807, 2.05) is 0 Å². The predicted molar refractivity (Wildman–Crippen MR) is 90.0 cm³/mol. The average Bonchev–Trinajstić information content (AvgIpc) is 3.14. The molecule has 0 bridgehead atoms. The lowest BCUT2D eigenvalue weighted by atomic mass is 9.91. The van der Waals surface area contributed by atoms with Gasteiger partial charge in [-0.2, -0.15) is 4.98 Å². The van der Waals surface area contributed by atoms with Crippen LogP contribution in [0.2, 0.25) is 0 Å². The molecule has 1 aromatic heterocycles. The Kier molecular flexibility index (Phi) is 7.25. The monoisotopic (exact) mass is 401 g/mol. The van der Waals surface area contributed by atoms with Crippen molar-refractivity contribution in [2.75, 3.05) is 19.8 Å². The van der Waals surface area contributed by atoms with Crippen molar-refractivity contribution in [3.8, 4) is 0 Å². The first-order chi connectivity index (χ1) is 13.2. The number of hydrogen-bond donors (Lipinski definition) is 6. The molecule has 0 saturated carbocycles. The molecule has 0 aromatic carbocycles. The number of aromatic nitrogens is 2. The van der Waals surface area contributed by atoms with Gasteiger partial charge in [0.25, 0.3) is 0 Å². The zero-order valence-electron chi connectivity index (χ0n) is 15.0. The van der Waals surface area contributed by atoms with Gasteiger partial charge in [-0.05, 0) is 19.3 Å². The lowest BCUT2D eigenvalue weighted by molar-refractivity contribution is -0.140. The number of aliphatic hydroxyl groups excluding tert-OH is 1. The summed E-state index contributed by atoms with van der Waals surface area (Å²) in [6.07, 6.45) is 0.543. The fourth-order valence-corrected chi connectivity index (χ4v) is 2.61. The number of rotatable bonds is 9. The van der Waals surface area contributed by atoms with Crippen LogP contribution in [-0.2, 0) is 19.9 Å². The van der Waals surface area contributed by atoms with E-state index >= 15 is 0 Å². The van der Waals surface area contributed by atoms with Crippen LogP contribution in [0.1, 0.15) is 43.4 Å². The van der Waals surface area contributed by atoms with Crippen molar-refractivity contribution in [3.63, 3.8) is 0 Å². The molecule has 1 saturated heterocycles. The van der Waals surface area contributed by atoms with Crippen LogP contribution in [0.4, 0.5) is 4.79 Å². The minimum atomic E-state index is -1.52. The van der Waals surface area contributed by atoms with Crippen molar-refractivity contribution in [2.45, 2.75) is 43.3 Å². The second-order valence-electron chi connectivity index (χ2n) is 6.40. The number of aliphatic hydroxyl groups is 1. The van der Waals surface area contributed by atoms with E-state index in [1.54, 1.807) is 0 Å². The summed E-state index contributed by atoms with van der Waals surface area (Å²) in [5.41, 5.74) is 5.43. The van der Waals surface area contributed by atoms with Gasteiger partial charge < -0.3 is 40.9 Å². The number of aliphatic carboxylic acids is 2. The van der Waals surface area contributed by atoms with E-state index in [0.29, 0.717) is 26.1 Å². The van der Waals surface area contributed by atoms with E-state index in [0.717, 1.165) is 0 Å². The van der Waals surface area contributed by atoms with Gasteiger partial charge in [0.1, 0.15) is 6.04 Å². The summed E-state index contributed by atoms with van der Waals surface area (Å²) < 4.78 is 10.4. The van der Waals surface area contributed by atoms with Gasteiger partial charge in [-0.15, -0.1) is 0 Å². The Hall–Kier alpha value is -2.77. The average molecular weight is 401 g/mol. The first-order valence-electron chi connectivity index (χ1n) is 8.58. The highest BCUT2D eigenvalue weighted by atomic mass is 16.5. The molecule has 1 unspecified atom stereocenters. The largest absolute Gasteiger partial charge is 0.481 e. The third-order valence-electron chi connectivity index (χ3n) is 4.31. The molecule has 156 valence electrons. The van der Waals surface area contributed by atoms with E-state index in [9.17, 15) is 14.4 Å². The molecule has 1 aliphatic rings. The van der Waals surface area contributed by atoms with Crippen LogP contribution >= 0.6 is 0 Å². The van der Waals surface area contributed by atoms with E-state index < -0.39 is 42.2 Å². The molecule has 0 aliphatic carbocycles. The summed E-state index contributed by atoms with van der Waals surface area (Å²) in [6.45, 7) is 0.0490. The molecule has 0 radical (unpaired) electrons. The number of carboxylic acid groups (broad SMARTS) is 2. The quantitative estimate of drug-likeness (QED) is 0.286. The van der Waals surface area contributed by atoms with Crippen molar-refractivity contribution >= 4 is 18.0 Å². The highest BCUT2D eigenvalue weighted by molar-refractivity contribution is 5.82. The molecule has 1 aliphatic heterocycles. The highest BCUT2D eigenvalue weighted by Crippen LogP contribution is 2.28. The van der Waals surface area contributed by atoms with Crippen LogP contribution in [0.5, 0.6) is 0 Å². The number of carbonyl (C=O) groups excluding carboxylic acids is 1. The van der Waals surface area contributed by atoms with Crippen molar-refractivity contribution in [3.05, 3.63) is 11.7 Å². The van der Waals surface area contributed by atoms with Crippen LogP contribution < -0.4 is 16.4 Å². The zero-order valence-corrected chi connectivity index (χ0v) is 15.0. The van der Waals surface area contributed by atoms with Gasteiger partial charge in [0.05, 0.1) is 12.1 Å². The molecule has 2 heterocycles. The number of carbonyl (C=O) groups is 3. The SMILES string of the molecule is NC1(c2noc(C(CCC(=O)O)NC(=O)N[C@@H](CO)C(=O)O)n2)CCOCC1. The topological polar surface area (TPSA) is 210 Å². The van der Waals surface area contributed by atoms with Gasteiger partial charge >= 0.3 is 18.0 Å². The number of ether oxygens (including phenoxy) is 1. The Morgan fingerprint density at radius 2 is 1.89 bits per heavy atom. The Morgan fingerprint density at radius 1 is 1.21 bits per heavy atom. The van der Waals surface area contributed by atoms with Crippen molar-refractivity contribution in [2.24, 2.45) is 5.73 Å². The van der Waals surface area contributed by atoms with E-state index in [1.165, 1.54) is 0 Å². The maximum atomic E-state index is 12.0. The molecule has 0 spiro atoms. The maximum Gasteiger partial charge on any atom is 0.328 e. The Bertz CT molecular complexity index is 702. The maximum absolute atomic E-state index is 12.0. The minimum Gasteiger partial charge on any atom is -0.481 e. The number of amides is 2. The Labute approximate surface area is 159 Å². The Morgan fingerprint density at radius 3 is 2.46 bits per heavy atom. The summed E-state index contributed by atoms with van der Waals surface area (Å²) in [5.74, 6) is -2.37. The van der Waals surface area contributed by atoms with Crippen molar-refractivity contribution in [1.29, 1.82) is 0 Å². The summed E-state index contributed by atoms with van der Waals surface area (Å²) in [6, 6.07) is -3.45. The number of carboxylic acids is 2. The van der Waals surface area contributed by atoms with Crippen LogP contribution in [0.15, 0.2) is 4.52 Å². The molecular weight excluding hydrogens is 378 g/mol. The van der Waals surface area contributed by atoms with Crippen LogP contribution in [0.3, 0.4) is 0 Å². The summed E-state index contributed by atoms with van der Waals surface area (Å²) >= 11 is 0. The third-order valence-corrected chi connectivity index (χ3v) is 4.31. The molecule has 7 N–H and O–H groups in total. The third kappa shape index (κ3) is 5.61. The minimum absolute atomic E-state index is 0.0569. The van der Waals surface area contributed by atoms with Crippen LogP contribution in [0, 0.1) is 0 Å². The second kappa shape index (κ2) is 9.43. The van der Waals surface area contributed by atoms with Crippen LogP contribution in [0.25, 0.3) is 0 Å². The number of urea groups is 1. The van der Waals surface area contributed by atoms with E-state index in [2.05, 4.69) is 20.8 Å². The van der Waals surface area contributed by atoms with Crippen molar-refractivity contribution in [1.82, 2.24) is 20.8 Å². The first-order valence-corrected chi connectivity index (χ1v) is 8.58. The summed E-state index contributed by atoms with van der Waals surface area (Å²) in [7, 11) is 0. The molecular formula is C15H23N5O8. The highest BCUT2D eigenvalue weighted by Gasteiger charge is 2.36. The zero-order chi connectivity index (χ0) is 20.7. The molecule has 28 heavy (non-hydrogen) atoms. The van der Waals surface area contributed by atoms with Gasteiger partial charge in [0, 0.05) is 19.6 Å². The van der Waals surface area contributed by atoms with Crippen LogP contribution in [-0.4, -0.2) is 69.3 Å². The summed E-state index contributed by atoms with van der Waals surface area (Å²) in [5, 5.41) is 35.1. The van der Waals surface area contributed by atoms with E-state index in [4.69, 9.17) is 30.3 Å². The van der Waals surface area contributed by atoms with Gasteiger partial charge in [-0.25, -0.2) is 9.59 Å². The fourth-order valence-electron chi connectivity index (χ4n) is 2.61. The van der Waals surface area contributed by atoms with E-state index in [-0.39, 0.29) is 24.6 Å². The van der Waals surface area contributed by atoms with Gasteiger partial charge in [-0.1, -0.05) is 5.16 Å². The molecule has 1 fully saturated rings. The Balaban J connectivity index is 2.13. The molecule has 13 nitrogen and oxygen atoms in total. The lowest BCUT2D eigenvalue weighted by Crippen LogP contribution is -2.48. The van der Waals surface area contributed by atoms with Gasteiger partial charge in [0.2, 0.25) is 5.89 Å². The molecule has 2 atom stereocenters. The standard InChI is InChI=1S/C15H23N5O8/c16-15(3-5-27-6-4-15)13-19-11(28-20-13)8(1-2-10(22)23)17-14(26)18-9(7-21)12(24)25/h8-9,21H,1-7,16H2,(H,22,23)(H,24,25)(H2,17,18,26)/t8?,9-/m0/s1. The number of nitrogens with one attached hydrogen (secondary N) is 2. The van der Waals surface area contributed by atoms with Crippen molar-refractivity contribution < 1.29 is 39.0 Å². The molecule has 1 aromatic rings. The van der Waals surface area contributed by atoms with Gasteiger partial charge in [-0.3, -0.25) is 4.79 Å². The smallest absolute Gasteiger partial charge is 0.328 e.